The van der Waals surface area contributed by atoms with E-state index < -0.39 is 19.0 Å². The lowest BCUT2D eigenvalue weighted by atomic mass is 9.75. The van der Waals surface area contributed by atoms with E-state index in [0.29, 0.717) is 29.0 Å². The molecule has 0 saturated heterocycles. The lowest BCUT2D eigenvalue weighted by Crippen LogP contribution is -2.35. The molecule has 0 atom stereocenters. The molecule has 0 radical (unpaired) electrons. The van der Waals surface area contributed by atoms with E-state index in [-0.39, 0.29) is 13.2 Å². The summed E-state index contributed by atoms with van der Waals surface area (Å²) in [6, 6.07) is 10.9. The molecular weight excluding hydrogens is 373 g/mol. The van der Waals surface area contributed by atoms with Crippen LogP contribution in [0.1, 0.15) is 27.3 Å². The van der Waals surface area contributed by atoms with Gasteiger partial charge < -0.3 is 19.7 Å². The maximum atomic E-state index is 12.4. The number of para-hydroxylation sites is 1. The van der Waals surface area contributed by atoms with Crippen molar-refractivity contribution in [1.82, 2.24) is 15.3 Å². The number of benzene rings is 2. The van der Waals surface area contributed by atoms with Crippen molar-refractivity contribution < 1.29 is 24.0 Å². The van der Waals surface area contributed by atoms with Crippen molar-refractivity contribution in [2.24, 2.45) is 0 Å². The first-order valence-corrected chi connectivity index (χ1v) is 9.09. The van der Waals surface area contributed by atoms with Gasteiger partial charge in [0.1, 0.15) is 6.54 Å². The van der Waals surface area contributed by atoms with Gasteiger partial charge in [-0.1, -0.05) is 24.3 Å². The monoisotopic (exact) mass is 391 g/mol. The number of amides is 1. The van der Waals surface area contributed by atoms with E-state index >= 15 is 0 Å². The van der Waals surface area contributed by atoms with E-state index in [1.807, 2.05) is 24.3 Å². The molecule has 1 aliphatic heterocycles. The molecule has 2 aromatic carbocycles. The average molecular weight is 391 g/mol. The molecule has 1 aromatic heterocycles. The van der Waals surface area contributed by atoms with Gasteiger partial charge in [0.25, 0.3) is 5.91 Å². The van der Waals surface area contributed by atoms with Crippen LogP contribution in [0.15, 0.2) is 42.6 Å². The number of hydrogen-bond acceptors (Lipinski definition) is 7. The standard InChI is InChI=1S/C20H18BN3O5/c1-12-15(7-6-14-10-29-21(27)19(12)14)20(26)23-9-18(25)28-11-17-22-8-13-4-2-3-5-16(13)24-17/h2-8,27H,9-11H2,1H3,(H,23,26). The van der Waals surface area contributed by atoms with Gasteiger partial charge in [0.05, 0.1) is 12.1 Å². The summed E-state index contributed by atoms with van der Waals surface area (Å²) in [5, 5.41) is 13.3. The molecule has 0 saturated carbocycles. The summed E-state index contributed by atoms with van der Waals surface area (Å²) in [5.41, 5.74) is 3.22. The smallest absolute Gasteiger partial charge is 0.456 e. The average Bonchev–Trinajstić information content (AvgIpc) is 3.12. The lowest BCUT2D eigenvalue weighted by molar-refractivity contribution is -0.143. The van der Waals surface area contributed by atoms with Gasteiger partial charge in [0, 0.05) is 17.1 Å². The van der Waals surface area contributed by atoms with Crippen LogP contribution in [0.2, 0.25) is 0 Å². The fourth-order valence-electron chi connectivity index (χ4n) is 3.28. The molecule has 2 heterocycles. The van der Waals surface area contributed by atoms with E-state index in [4.69, 9.17) is 9.39 Å². The molecule has 8 nitrogen and oxygen atoms in total. The zero-order valence-electron chi connectivity index (χ0n) is 15.7. The number of aromatic nitrogens is 2. The number of hydrogen-bond donors (Lipinski definition) is 2. The minimum absolute atomic E-state index is 0.0824. The van der Waals surface area contributed by atoms with Crippen molar-refractivity contribution in [2.75, 3.05) is 6.54 Å². The summed E-state index contributed by atoms with van der Waals surface area (Å²) in [6.07, 6.45) is 1.67. The van der Waals surface area contributed by atoms with Crippen LogP contribution in [-0.4, -0.2) is 40.5 Å². The summed E-state index contributed by atoms with van der Waals surface area (Å²) < 4.78 is 10.3. The number of ether oxygens (including phenoxy) is 1. The number of carbonyl (C=O) groups is 2. The highest BCUT2D eigenvalue weighted by molar-refractivity contribution is 6.62. The number of nitrogens with one attached hydrogen (secondary N) is 1. The quantitative estimate of drug-likeness (QED) is 0.485. The molecule has 0 spiro atoms. The van der Waals surface area contributed by atoms with Crippen molar-refractivity contribution in [3.63, 3.8) is 0 Å². The van der Waals surface area contributed by atoms with Gasteiger partial charge in [-0.3, -0.25) is 9.59 Å². The van der Waals surface area contributed by atoms with E-state index in [0.717, 1.165) is 16.5 Å². The number of rotatable bonds is 5. The van der Waals surface area contributed by atoms with Gasteiger partial charge in [-0.2, -0.15) is 0 Å². The molecule has 2 N–H and O–H groups in total. The third kappa shape index (κ3) is 3.96. The summed E-state index contributed by atoms with van der Waals surface area (Å²) in [6.45, 7) is 1.67. The minimum atomic E-state index is -1.04. The molecule has 1 aliphatic rings. The third-order valence-corrected chi connectivity index (χ3v) is 4.79. The van der Waals surface area contributed by atoms with Crippen LogP contribution in [0, 0.1) is 6.92 Å². The number of fused-ring (bicyclic) bond motifs is 2. The Morgan fingerprint density at radius 3 is 2.97 bits per heavy atom. The predicted molar refractivity (Wildman–Crippen MR) is 105 cm³/mol. The Labute approximate surface area is 167 Å². The van der Waals surface area contributed by atoms with Crippen LogP contribution in [0.3, 0.4) is 0 Å². The molecule has 3 aromatic rings. The van der Waals surface area contributed by atoms with Crippen LogP contribution >= 0.6 is 0 Å². The number of carbonyl (C=O) groups excluding carboxylic acids is 2. The Balaban J connectivity index is 1.33. The zero-order chi connectivity index (χ0) is 20.4. The maximum absolute atomic E-state index is 12.4. The number of esters is 1. The summed E-state index contributed by atoms with van der Waals surface area (Å²) in [4.78, 5) is 32.9. The summed E-state index contributed by atoms with van der Waals surface area (Å²) in [7, 11) is -1.04. The molecule has 0 aliphatic carbocycles. The maximum Gasteiger partial charge on any atom is 0.492 e. The van der Waals surface area contributed by atoms with E-state index in [1.165, 1.54) is 0 Å². The van der Waals surface area contributed by atoms with Crippen LogP contribution in [0.25, 0.3) is 10.9 Å². The molecule has 0 unspecified atom stereocenters. The van der Waals surface area contributed by atoms with E-state index in [1.54, 1.807) is 25.3 Å². The third-order valence-electron chi connectivity index (χ3n) is 4.79. The Hall–Kier alpha value is -3.30. The van der Waals surface area contributed by atoms with Crippen LogP contribution < -0.4 is 10.8 Å². The van der Waals surface area contributed by atoms with Gasteiger partial charge in [0.15, 0.2) is 12.4 Å². The van der Waals surface area contributed by atoms with E-state index in [2.05, 4.69) is 15.3 Å². The van der Waals surface area contributed by atoms with Crippen LogP contribution in [-0.2, 0) is 27.4 Å². The first-order chi connectivity index (χ1) is 14.0. The zero-order valence-corrected chi connectivity index (χ0v) is 15.7. The van der Waals surface area contributed by atoms with Crippen LogP contribution in [0.4, 0.5) is 0 Å². The first kappa shape index (κ1) is 19.0. The topological polar surface area (TPSA) is 111 Å². The summed E-state index contributed by atoms with van der Waals surface area (Å²) in [5.74, 6) is -0.646. The lowest BCUT2D eigenvalue weighted by Gasteiger charge is -2.11. The van der Waals surface area contributed by atoms with Crippen molar-refractivity contribution in [3.05, 3.63) is 65.1 Å². The molecule has 0 fully saturated rings. The molecule has 1 amide bonds. The molecular formula is C20H18BN3O5. The minimum Gasteiger partial charge on any atom is -0.456 e. The molecule has 0 bridgehead atoms. The van der Waals surface area contributed by atoms with Gasteiger partial charge >= 0.3 is 13.1 Å². The van der Waals surface area contributed by atoms with Crippen molar-refractivity contribution in [2.45, 2.75) is 20.1 Å². The highest BCUT2D eigenvalue weighted by Crippen LogP contribution is 2.16. The Kier molecular flexibility index (Phi) is 5.24. The highest BCUT2D eigenvalue weighted by Gasteiger charge is 2.31. The van der Waals surface area contributed by atoms with Crippen molar-refractivity contribution in [1.29, 1.82) is 0 Å². The largest absolute Gasteiger partial charge is 0.492 e. The Morgan fingerprint density at radius 2 is 2.10 bits per heavy atom. The normalized spacial score (nSPS) is 12.7. The fraction of sp³-hybridized carbons (Fsp3) is 0.200. The second-order valence-electron chi connectivity index (χ2n) is 6.66. The van der Waals surface area contributed by atoms with Crippen molar-refractivity contribution >= 4 is 35.4 Å². The van der Waals surface area contributed by atoms with Gasteiger partial charge in [-0.25, -0.2) is 9.97 Å². The second kappa shape index (κ2) is 7.98. The van der Waals surface area contributed by atoms with Gasteiger partial charge in [-0.15, -0.1) is 0 Å². The fourth-order valence-corrected chi connectivity index (χ4v) is 3.28. The SMILES string of the molecule is Cc1c(C(=O)NCC(=O)OCc2ncc3ccccc3n2)ccc2c1B(O)OC2. The van der Waals surface area contributed by atoms with Gasteiger partial charge in [-0.05, 0) is 35.6 Å². The Morgan fingerprint density at radius 1 is 1.28 bits per heavy atom. The highest BCUT2D eigenvalue weighted by atomic mass is 16.5. The molecule has 29 heavy (non-hydrogen) atoms. The van der Waals surface area contributed by atoms with Crippen LogP contribution in [0.5, 0.6) is 0 Å². The predicted octanol–water partition coefficient (Wildman–Crippen LogP) is 0.629. The first-order valence-electron chi connectivity index (χ1n) is 9.09. The second-order valence-corrected chi connectivity index (χ2v) is 6.66. The molecule has 9 heteroatoms. The van der Waals surface area contributed by atoms with Gasteiger partial charge in [0.2, 0.25) is 0 Å². The van der Waals surface area contributed by atoms with Crippen molar-refractivity contribution in [3.8, 4) is 0 Å². The summed E-state index contributed by atoms with van der Waals surface area (Å²) >= 11 is 0. The molecule has 4 rings (SSSR count). The Bertz CT molecular complexity index is 1100. The van der Waals surface area contributed by atoms with E-state index in [9.17, 15) is 14.6 Å². The number of nitrogens with zero attached hydrogens (tertiary/aromatic N) is 2. The molecule has 146 valence electrons.